The number of benzene rings is 3. The van der Waals surface area contributed by atoms with Gasteiger partial charge in [-0.15, -0.1) is 11.6 Å². The van der Waals surface area contributed by atoms with E-state index in [0.29, 0.717) is 12.5 Å². The first-order chi connectivity index (χ1) is 12.3. The topological polar surface area (TPSA) is 14.2 Å². The zero-order valence-electron chi connectivity index (χ0n) is 13.8. The van der Waals surface area contributed by atoms with Crippen LogP contribution in [-0.2, 0) is 5.54 Å². The van der Waals surface area contributed by atoms with Gasteiger partial charge < -0.3 is 9.30 Å². The van der Waals surface area contributed by atoms with Crippen molar-refractivity contribution in [3.63, 3.8) is 0 Å². The second-order valence-corrected chi connectivity index (χ2v) is 7.01. The number of hydrogen-bond acceptors (Lipinski definition) is 1. The molecule has 0 bridgehead atoms. The second-order valence-electron chi connectivity index (χ2n) is 6.63. The number of hydrogen-bond donors (Lipinski definition) is 0. The maximum Gasteiger partial charge on any atom is 0.143 e. The molecule has 0 unspecified atom stereocenters. The van der Waals surface area contributed by atoms with Crippen LogP contribution in [0.1, 0.15) is 12.0 Å². The molecule has 4 aromatic rings. The highest BCUT2D eigenvalue weighted by Crippen LogP contribution is 2.46. The van der Waals surface area contributed by atoms with Crippen LogP contribution < -0.4 is 4.74 Å². The van der Waals surface area contributed by atoms with Gasteiger partial charge in [-0.2, -0.15) is 0 Å². The Labute approximate surface area is 151 Å². The molecule has 1 atom stereocenters. The van der Waals surface area contributed by atoms with Crippen LogP contribution in [0.3, 0.4) is 0 Å². The van der Waals surface area contributed by atoms with Crippen LogP contribution in [0.15, 0.2) is 72.8 Å². The normalized spacial score (nSPS) is 19.2. The van der Waals surface area contributed by atoms with Crippen molar-refractivity contribution in [1.29, 1.82) is 0 Å². The summed E-state index contributed by atoms with van der Waals surface area (Å²) in [6.07, 6.45) is 0.820. The van der Waals surface area contributed by atoms with Crippen molar-refractivity contribution in [2.75, 3.05) is 12.5 Å². The summed E-state index contributed by atoms with van der Waals surface area (Å²) in [7, 11) is 0. The van der Waals surface area contributed by atoms with E-state index in [1.807, 2.05) is 0 Å². The lowest BCUT2D eigenvalue weighted by molar-refractivity contribution is 0.174. The fraction of sp³-hybridized carbons (Fsp3) is 0.182. The molecule has 0 radical (unpaired) electrons. The van der Waals surface area contributed by atoms with E-state index in [-0.39, 0.29) is 5.54 Å². The van der Waals surface area contributed by atoms with E-state index >= 15 is 0 Å². The van der Waals surface area contributed by atoms with Gasteiger partial charge in [-0.25, -0.2) is 0 Å². The van der Waals surface area contributed by atoms with E-state index in [1.165, 1.54) is 27.4 Å². The molecule has 0 amide bonds. The van der Waals surface area contributed by atoms with Crippen molar-refractivity contribution in [2.24, 2.45) is 0 Å². The molecule has 0 saturated carbocycles. The smallest absolute Gasteiger partial charge is 0.143 e. The molecule has 1 aromatic heterocycles. The highest BCUT2D eigenvalue weighted by molar-refractivity contribution is 6.18. The molecule has 0 aliphatic carbocycles. The molecule has 25 heavy (non-hydrogen) atoms. The lowest BCUT2D eigenvalue weighted by Crippen LogP contribution is -2.43. The SMILES string of the molecule is ClCC[C@@]1(c2ccccc2)COc2cccc3c4ccccc4n1c23. The Morgan fingerprint density at radius 1 is 0.880 bits per heavy atom. The van der Waals surface area contributed by atoms with Crippen molar-refractivity contribution in [3.05, 3.63) is 78.4 Å². The zero-order valence-corrected chi connectivity index (χ0v) is 14.5. The summed E-state index contributed by atoms with van der Waals surface area (Å²) >= 11 is 6.29. The monoisotopic (exact) mass is 347 g/mol. The summed E-state index contributed by atoms with van der Waals surface area (Å²) in [5, 5.41) is 2.50. The molecular formula is C22H18ClNO. The highest BCUT2D eigenvalue weighted by atomic mass is 35.5. The van der Waals surface area contributed by atoms with Gasteiger partial charge in [-0.05, 0) is 24.1 Å². The molecule has 2 nitrogen and oxygen atoms in total. The number of para-hydroxylation sites is 2. The Kier molecular flexibility index (Phi) is 3.29. The molecule has 1 aliphatic rings. The standard InChI is InChI=1S/C22H18ClNO/c23-14-13-22(16-7-2-1-3-8-16)15-25-20-12-6-10-18-17-9-4-5-11-19(17)24(22)21(18)20/h1-12H,13-15H2/t22-/m0/s1. The van der Waals surface area contributed by atoms with Gasteiger partial charge in [-0.1, -0.05) is 60.7 Å². The van der Waals surface area contributed by atoms with Crippen LogP contribution in [0.2, 0.25) is 0 Å². The van der Waals surface area contributed by atoms with Crippen LogP contribution in [0.25, 0.3) is 21.8 Å². The summed E-state index contributed by atoms with van der Waals surface area (Å²) in [4.78, 5) is 0. The van der Waals surface area contributed by atoms with E-state index in [2.05, 4.69) is 77.4 Å². The molecule has 0 spiro atoms. The van der Waals surface area contributed by atoms with Gasteiger partial charge >= 0.3 is 0 Å². The quantitative estimate of drug-likeness (QED) is 0.442. The van der Waals surface area contributed by atoms with Gasteiger partial charge in [0.15, 0.2) is 0 Å². The number of aromatic nitrogens is 1. The van der Waals surface area contributed by atoms with Gasteiger partial charge in [-0.3, -0.25) is 0 Å². The number of nitrogens with zero attached hydrogens (tertiary/aromatic N) is 1. The van der Waals surface area contributed by atoms with Crippen LogP contribution >= 0.6 is 11.6 Å². The Bertz CT molecular complexity index is 1070. The van der Waals surface area contributed by atoms with Gasteiger partial charge in [0.1, 0.15) is 17.9 Å². The molecule has 0 fully saturated rings. The Morgan fingerprint density at radius 3 is 2.48 bits per heavy atom. The van der Waals surface area contributed by atoms with E-state index in [1.54, 1.807) is 0 Å². The first-order valence-corrected chi connectivity index (χ1v) is 9.15. The predicted octanol–water partition coefficient (Wildman–Crippen LogP) is 5.56. The molecule has 2 heterocycles. The number of ether oxygens (including phenoxy) is 1. The minimum absolute atomic E-state index is 0.293. The van der Waals surface area contributed by atoms with Crippen molar-refractivity contribution in [2.45, 2.75) is 12.0 Å². The molecular weight excluding hydrogens is 330 g/mol. The summed E-state index contributed by atoms with van der Waals surface area (Å²) in [5.41, 5.74) is 3.36. The van der Waals surface area contributed by atoms with Gasteiger partial charge in [0, 0.05) is 16.7 Å². The molecule has 0 saturated heterocycles. The third-order valence-electron chi connectivity index (χ3n) is 5.37. The van der Waals surface area contributed by atoms with Crippen LogP contribution in [0.5, 0.6) is 5.75 Å². The molecule has 3 heteroatoms. The summed E-state index contributed by atoms with van der Waals surface area (Å²) in [6.45, 7) is 0.592. The lowest BCUT2D eigenvalue weighted by Gasteiger charge is -2.40. The van der Waals surface area contributed by atoms with Gasteiger partial charge in [0.25, 0.3) is 0 Å². The third kappa shape index (κ3) is 1.98. The predicted molar refractivity (Wildman–Crippen MR) is 104 cm³/mol. The van der Waals surface area contributed by atoms with E-state index < -0.39 is 0 Å². The fourth-order valence-corrected chi connectivity index (χ4v) is 4.57. The Balaban J connectivity index is 1.96. The first-order valence-electron chi connectivity index (χ1n) is 8.62. The maximum atomic E-state index is 6.29. The minimum Gasteiger partial charge on any atom is -0.489 e. The maximum absolute atomic E-state index is 6.29. The largest absolute Gasteiger partial charge is 0.489 e. The van der Waals surface area contributed by atoms with Gasteiger partial charge in [0.05, 0.1) is 11.0 Å². The zero-order chi connectivity index (χ0) is 16.9. The molecule has 5 rings (SSSR count). The number of rotatable bonds is 3. The van der Waals surface area contributed by atoms with Crippen LogP contribution in [-0.4, -0.2) is 17.1 Å². The fourth-order valence-electron chi connectivity index (χ4n) is 4.26. The number of fused-ring (bicyclic) bond motifs is 3. The second kappa shape index (κ2) is 5.53. The molecule has 124 valence electrons. The number of halogens is 1. The average molecular weight is 348 g/mol. The summed E-state index contributed by atoms with van der Waals surface area (Å²) in [5.74, 6) is 1.53. The van der Waals surface area contributed by atoms with Crippen LogP contribution in [0.4, 0.5) is 0 Å². The number of alkyl halides is 1. The Morgan fingerprint density at radius 2 is 1.64 bits per heavy atom. The molecule has 0 N–H and O–H groups in total. The Hall–Kier alpha value is -2.45. The van der Waals surface area contributed by atoms with Crippen molar-refractivity contribution in [3.8, 4) is 5.75 Å². The van der Waals surface area contributed by atoms with E-state index in [4.69, 9.17) is 16.3 Å². The summed E-state index contributed by atoms with van der Waals surface area (Å²) in [6, 6.07) is 25.5. The van der Waals surface area contributed by atoms with Gasteiger partial charge in [0.2, 0.25) is 0 Å². The summed E-state index contributed by atoms with van der Waals surface area (Å²) < 4.78 is 8.74. The van der Waals surface area contributed by atoms with Crippen molar-refractivity contribution < 1.29 is 4.74 Å². The van der Waals surface area contributed by atoms with E-state index in [9.17, 15) is 0 Å². The minimum atomic E-state index is -0.293. The highest BCUT2D eigenvalue weighted by Gasteiger charge is 2.40. The lowest BCUT2D eigenvalue weighted by atomic mass is 9.86. The molecule has 3 aromatic carbocycles. The van der Waals surface area contributed by atoms with E-state index in [0.717, 1.165) is 12.2 Å². The third-order valence-corrected chi connectivity index (χ3v) is 5.56. The van der Waals surface area contributed by atoms with Crippen molar-refractivity contribution in [1.82, 2.24) is 4.57 Å². The van der Waals surface area contributed by atoms with Crippen molar-refractivity contribution >= 4 is 33.4 Å². The first kappa shape index (κ1) is 14.9. The van der Waals surface area contributed by atoms with Crippen LogP contribution in [0, 0.1) is 0 Å². The average Bonchev–Trinajstić information content (AvgIpc) is 3.02. The molecule has 1 aliphatic heterocycles.